The molecule has 2 rings (SSSR count). The molecule has 20 heavy (non-hydrogen) atoms. The highest BCUT2D eigenvalue weighted by Gasteiger charge is 2.16. The molecule has 2 nitrogen and oxygen atoms in total. The largest absolute Gasteiger partial charge is 0.271 e. The average Bonchev–Trinajstić information content (AvgIpc) is 2.43. The van der Waals surface area contributed by atoms with E-state index in [1.807, 2.05) is 0 Å². The molecule has 0 heterocycles. The number of hydrogen-bond acceptors (Lipinski definition) is 2. The lowest BCUT2D eigenvalue weighted by Gasteiger charge is -2.17. The van der Waals surface area contributed by atoms with E-state index in [-0.39, 0.29) is 5.56 Å². The summed E-state index contributed by atoms with van der Waals surface area (Å²) in [5.41, 5.74) is 3.46. The van der Waals surface area contributed by atoms with Crippen LogP contribution in [0.15, 0.2) is 36.4 Å². The maximum Gasteiger partial charge on any atom is 0.128 e. The van der Waals surface area contributed by atoms with Crippen molar-refractivity contribution in [2.75, 3.05) is 0 Å². The fraction of sp³-hybridized carbons (Fsp3) is 0.143. The van der Waals surface area contributed by atoms with Crippen molar-refractivity contribution in [3.63, 3.8) is 0 Å². The van der Waals surface area contributed by atoms with Crippen LogP contribution >= 0.6 is 23.2 Å². The molecule has 2 aromatic carbocycles. The Bertz CT molecular complexity index is 620. The zero-order valence-corrected chi connectivity index (χ0v) is 11.8. The van der Waals surface area contributed by atoms with Crippen LogP contribution in [0.1, 0.15) is 17.2 Å². The van der Waals surface area contributed by atoms with Gasteiger partial charge in [0.1, 0.15) is 11.6 Å². The van der Waals surface area contributed by atoms with Crippen molar-refractivity contribution in [2.45, 2.75) is 12.5 Å². The van der Waals surface area contributed by atoms with Gasteiger partial charge in [0.2, 0.25) is 0 Å². The summed E-state index contributed by atoms with van der Waals surface area (Å²) in [5, 5.41) is 0.837. The highest BCUT2D eigenvalue weighted by molar-refractivity contribution is 6.42. The molecule has 1 unspecified atom stereocenters. The summed E-state index contributed by atoms with van der Waals surface area (Å²) in [6.07, 6.45) is 0.355. The molecular weight excluding hydrogens is 305 g/mol. The molecule has 0 fully saturated rings. The fourth-order valence-corrected chi connectivity index (χ4v) is 2.26. The number of rotatable bonds is 4. The van der Waals surface area contributed by atoms with Crippen molar-refractivity contribution < 1.29 is 8.78 Å². The maximum absolute atomic E-state index is 13.7. The lowest BCUT2D eigenvalue weighted by Crippen LogP contribution is -2.30. The van der Waals surface area contributed by atoms with Gasteiger partial charge in [-0.3, -0.25) is 11.3 Å². The molecule has 0 aliphatic heterocycles. The normalized spacial score (nSPS) is 12.4. The summed E-state index contributed by atoms with van der Waals surface area (Å²) in [6, 6.07) is 7.77. The van der Waals surface area contributed by atoms with Gasteiger partial charge in [0.25, 0.3) is 0 Å². The molecule has 0 aliphatic carbocycles. The topological polar surface area (TPSA) is 38.0 Å². The van der Waals surface area contributed by atoms with Crippen molar-refractivity contribution >= 4 is 23.2 Å². The summed E-state index contributed by atoms with van der Waals surface area (Å²) in [7, 11) is 0. The Morgan fingerprint density at radius 1 is 1.05 bits per heavy atom. The molecule has 0 saturated carbocycles. The first-order valence-electron chi connectivity index (χ1n) is 5.86. The number of nitrogens with one attached hydrogen (secondary N) is 1. The molecule has 2 aromatic rings. The first kappa shape index (κ1) is 15.2. The van der Waals surface area contributed by atoms with E-state index in [9.17, 15) is 8.78 Å². The first-order chi connectivity index (χ1) is 9.51. The van der Waals surface area contributed by atoms with E-state index < -0.39 is 17.7 Å². The number of nitrogens with two attached hydrogens (primary N) is 1. The van der Waals surface area contributed by atoms with E-state index in [0.29, 0.717) is 16.5 Å². The van der Waals surface area contributed by atoms with Crippen LogP contribution in [0, 0.1) is 11.6 Å². The standard InChI is InChI=1S/C14H12Cl2F2N2/c15-11-3-1-8(5-12(11)16)6-14(20-19)10-7-9(17)2-4-13(10)18/h1-5,7,14,20H,6,19H2. The van der Waals surface area contributed by atoms with Gasteiger partial charge in [0.15, 0.2) is 0 Å². The molecule has 6 heteroatoms. The Hall–Kier alpha value is -1.20. The number of benzene rings is 2. The van der Waals surface area contributed by atoms with Crippen LogP contribution in [-0.4, -0.2) is 0 Å². The van der Waals surface area contributed by atoms with Gasteiger partial charge < -0.3 is 0 Å². The molecule has 0 saturated heterocycles. The smallest absolute Gasteiger partial charge is 0.128 e. The van der Waals surface area contributed by atoms with Crippen molar-refractivity contribution in [1.82, 2.24) is 5.43 Å². The Kier molecular flexibility index (Phi) is 4.94. The molecule has 0 spiro atoms. The molecule has 106 valence electrons. The summed E-state index contributed by atoms with van der Waals surface area (Å²) >= 11 is 11.8. The van der Waals surface area contributed by atoms with Gasteiger partial charge in [-0.1, -0.05) is 29.3 Å². The number of halogens is 4. The van der Waals surface area contributed by atoms with Gasteiger partial charge in [-0.15, -0.1) is 0 Å². The monoisotopic (exact) mass is 316 g/mol. The van der Waals surface area contributed by atoms with Gasteiger partial charge in [-0.05, 0) is 42.3 Å². The van der Waals surface area contributed by atoms with Crippen LogP contribution in [0.2, 0.25) is 10.0 Å². The van der Waals surface area contributed by atoms with E-state index in [4.69, 9.17) is 29.0 Å². The molecule has 0 radical (unpaired) electrons. The summed E-state index contributed by atoms with van der Waals surface area (Å²) < 4.78 is 27.0. The quantitative estimate of drug-likeness (QED) is 0.660. The van der Waals surface area contributed by atoms with E-state index in [2.05, 4.69) is 5.43 Å². The Labute approximate surface area is 125 Å². The highest BCUT2D eigenvalue weighted by atomic mass is 35.5. The van der Waals surface area contributed by atoms with Gasteiger partial charge >= 0.3 is 0 Å². The minimum absolute atomic E-state index is 0.165. The van der Waals surface area contributed by atoms with E-state index in [1.165, 1.54) is 0 Å². The second-order valence-electron chi connectivity index (χ2n) is 4.34. The Morgan fingerprint density at radius 2 is 1.80 bits per heavy atom. The molecule has 0 bridgehead atoms. The third-order valence-corrected chi connectivity index (χ3v) is 3.70. The second kappa shape index (κ2) is 6.50. The summed E-state index contributed by atoms with van der Waals surface area (Å²) in [4.78, 5) is 0. The van der Waals surface area contributed by atoms with Crippen molar-refractivity contribution in [3.05, 3.63) is 69.2 Å². The average molecular weight is 317 g/mol. The third-order valence-electron chi connectivity index (χ3n) is 2.96. The molecule has 3 N–H and O–H groups in total. The zero-order chi connectivity index (χ0) is 14.7. The van der Waals surface area contributed by atoms with Gasteiger partial charge in [0.05, 0.1) is 16.1 Å². The van der Waals surface area contributed by atoms with Gasteiger partial charge in [-0.2, -0.15) is 0 Å². The van der Waals surface area contributed by atoms with Crippen molar-refractivity contribution in [1.29, 1.82) is 0 Å². The fourth-order valence-electron chi connectivity index (χ4n) is 1.94. The first-order valence-corrected chi connectivity index (χ1v) is 6.62. The van der Waals surface area contributed by atoms with E-state index in [0.717, 1.165) is 23.8 Å². The number of hydrazine groups is 1. The third kappa shape index (κ3) is 3.46. The second-order valence-corrected chi connectivity index (χ2v) is 5.15. The predicted molar refractivity (Wildman–Crippen MR) is 76.6 cm³/mol. The summed E-state index contributed by atoms with van der Waals surface area (Å²) in [5.74, 6) is 4.40. The molecule has 0 aliphatic rings. The molecule has 0 amide bonds. The van der Waals surface area contributed by atoms with Crippen LogP contribution in [0.25, 0.3) is 0 Å². The van der Waals surface area contributed by atoms with Crippen molar-refractivity contribution in [2.24, 2.45) is 5.84 Å². The van der Waals surface area contributed by atoms with Gasteiger partial charge in [-0.25, -0.2) is 8.78 Å². The van der Waals surface area contributed by atoms with Crippen LogP contribution in [0.5, 0.6) is 0 Å². The Balaban J connectivity index is 2.28. The SMILES string of the molecule is NNC(Cc1ccc(Cl)c(Cl)c1)c1cc(F)ccc1F. The van der Waals surface area contributed by atoms with E-state index >= 15 is 0 Å². The predicted octanol–water partition coefficient (Wildman–Crippen LogP) is 4.02. The Morgan fingerprint density at radius 3 is 2.45 bits per heavy atom. The maximum atomic E-state index is 13.7. The lowest BCUT2D eigenvalue weighted by atomic mass is 9.99. The lowest BCUT2D eigenvalue weighted by molar-refractivity contribution is 0.502. The number of hydrogen-bond donors (Lipinski definition) is 2. The van der Waals surface area contributed by atoms with Crippen LogP contribution in [-0.2, 0) is 6.42 Å². The minimum atomic E-state index is -0.567. The van der Waals surface area contributed by atoms with Crippen LogP contribution < -0.4 is 11.3 Å². The van der Waals surface area contributed by atoms with Crippen molar-refractivity contribution in [3.8, 4) is 0 Å². The zero-order valence-electron chi connectivity index (χ0n) is 10.3. The van der Waals surface area contributed by atoms with Gasteiger partial charge in [0, 0.05) is 5.56 Å². The van der Waals surface area contributed by atoms with Crippen LogP contribution in [0.4, 0.5) is 8.78 Å². The summed E-state index contributed by atoms with van der Waals surface area (Å²) in [6.45, 7) is 0. The molecule has 1 atom stereocenters. The van der Waals surface area contributed by atoms with E-state index in [1.54, 1.807) is 18.2 Å². The van der Waals surface area contributed by atoms with Crippen LogP contribution in [0.3, 0.4) is 0 Å². The highest BCUT2D eigenvalue weighted by Crippen LogP contribution is 2.26. The molecular formula is C14H12Cl2F2N2. The minimum Gasteiger partial charge on any atom is -0.271 e. The molecule has 0 aromatic heterocycles.